The zero-order valence-electron chi connectivity index (χ0n) is 11.0. The van der Waals surface area contributed by atoms with E-state index in [1.807, 2.05) is 24.0 Å². The third kappa shape index (κ3) is 4.00. The molecule has 0 radical (unpaired) electrons. The standard InChI is InChI=1S/C13H23N3OS/c1-18-13-6-3-2-5-12(13)14-9-11(17)10-16-8-4-7-15-16/h4,7-8,11-14,17H,2-3,5-6,9-10H2,1H3. The molecule has 0 amide bonds. The van der Waals surface area contributed by atoms with Crippen LogP contribution in [0.5, 0.6) is 0 Å². The van der Waals surface area contributed by atoms with Gasteiger partial charge < -0.3 is 10.4 Å². The molecular weight excluding hydrogens is 246 g/mol. The molecule has 2 rings (SSSR count). The number of aromatic nitrogens is 2. The molecule has 1 aromatic heterocycles. The fourth-order valence-corrected chi connectivity index (χ4v) is 3.55. The molecular formula is C13H23N3OS. The Kier molecular flexibility index (Phi) is 5.53. The fraction of sp³-hybridized carbons (Fsp3) is 0.769. The number of aliphatic hydroxyl groups is 1. The summed E-state index contributed by atoms with van der Waals surface area (Å²) in [5.41, 5.74) is 0. The predicted octanol–water partition coefficient (Wildman–Crippen LogP) is 1.51. The molecule has 5 heteroatoms. The number of rotatable bonds is 6. The molecule has 2 N–H and O–H groups in total. The molecule has 18 heavy (non-hydrogen) atoms. The molecule has 1 heterocycles. The average Bonchev–Trinajstić information content (AvgIpc) is 2.89. The van der Waals surface area contributed by atoms with Gasteiger partial charge in [0.1, 0.15) is 0 Å². The Morgan fingerprint density at radius 3 is 3.06 bits per heavy atom. The SMILES string of the molecule is CSC1CCCCC1NCC(O)Cn1cccn1. The molecule has 102 valence electrons. The Morgan fingerprint density at radius 2 is 2.33 bits per heavy atom. The van der Waals surface area contributed by atoms with Gasteiger partial charge in [0, 0.05) is 30.2 Å². The zero-order chi connectivity index (χ0) is 12.8. The van der Waals surface area contributed by atoms with Crippen molar-refractivity contribution in [2.24, 2.45) is 0 Å². The lowest BCUT2D eigenvalue weighted by Gasteiger charge is -2.31. The van der Waals surface area contributed by atoms with Crippen molar-refractivity contribution in [2.75, 3.05) is 12.8 Å². The number of hydrogen-bond donors (Lipinski definition) is 2. The van der Waals surface area contributed by atoms with Crippen molar-refractivity contribution in [3.8, 4) is 0 Å². The van der Waals surface area contributed by atoms with Gasteiger partial charge >= 0.3 is 0 Å². The Hall–Kier alpha value is -0.520. The van der Waals surface area contributed by atoms with Gasteiger partial charge in [0.05, 0.1) is 12.6 Å². The number of nitrogens with zero attached hydrogens (tertiary/aromatic N) is 2. The maximum absolute atomic E-state index is 9.98. The molecule has 0 bridgehead atoms. The molecule has 0 aromatic carbocycles. The van der Waals surface area contributed by atoms with Crippen LogP contribution in [0.1, 0.15) is 25.7 Å². The minimum Gasteiger partial charge on any atom is -0.390 e. The van der Waals surface area contributed by atoms with Crippen molar-refractivity contribution < 1.29 is 5.11 Å². The van der Waals surface area contributed by atoms with Crippen molar-refractivity contribution >= 4 is 11.8 Å². The van der Waals surface area contributed by atoms with Gasteiger partial charge in [-0.15, -0.1) is 0 Å². The van der Waals surface area contributed by atoms with Crippen LogP contribution in [0.4, 0.5) is 0 Å². The van der Waals surface area contributed by atoms with Crippen LogP contribution in [-0.2, 0) is 6.54 Å². The van der Waals surface area contributed by atoms with E-state index in [0.717, 1.165) is 0 Å². The first kappa shape index (κ1) is 13.9. The second-order valence-corrected chi connectivity index (χ2v) is 6.03. The monoisotopic (exact) mass is 269 g/mol. The average molecular weight is 269 g/mol. The summed E-state index contributed by atoms with van der Waals surface area (Å²) in [5, 5.41) is 18.3. The van der Waals surface area contributed by atoms with Gasteiger partial charge in [-0.25, -0.2) is 0 Å². The van der Waals surface area contributed by atoms with E-state index < -0.39 is 0 Å². The van der Waals surface area contributed by atoms with Crippen molar-refractivity contribution in [1.29, 1.82) is 0 Å². The molecule has 1 aromatic rings. The van der Waals surface area contributed by atoms with Gasteiger partial charge in [-0.05, 0) is 25.2 Å². The first-order valence-corrected chi connectivity index (χ1v) is 8.00. The van der Waals surface area contributed by atoms with Crippen LogP contribution < -0.4 is 5.32 Å². The lowest BCUT2D eigenvalue weighted by Crippen LogP contribution is -2.44. The van der Waals surface area contributed by atoms with Gasteiger partial charge in [-0.1, -0.05) is 12.8 Å². The van der Waals surface area contributed by atoms with E-state index in [2.05, 4.69) is 16.7 Å². The number of thioether (sulfide) groups is 1. The first-order valence-electron chi connectivity index (χ1n) is 6.71. The summed E-state index contributed by atoms with van der Waals surface area (Å²) in [5.74, 6) is 0. The third-order valence-electron chi connectivity index (χ3n) is 3.58. The molecule has 0 aliphatic heterocycles. The fourth-order valence-electron chi connectivity index (χ4n) is 2.59. The van der Waals surface area contributed by atoms with Crippen LogP contribution in [0, 0.1) is 0 Å². The molecule has 1 aliphatic rings. The normalized spacial score (nSPS) is 26.1. The highest BCUT2D eigenvalue weighted by molar-refractivity contribution is 7.99. The lowest BCUT2D eigenvalue weighted by atomic mass is 9.95. The Bertz CT molecular complexity index is 331. The Labute approximate surface area is 113 Å². The van der Waals surface area contributed by atoms with Crippen LogP contribution in [-0.4, -0.2) is 45.1 Å². The Balaban J connectivity index is 1.72. The van der Waals surface area contributed by atoms with Crippen LogP contribution in [0.3, 0.4) is 0 Å². The lowest BCUT2D eigenvalue weighted by molar-refractivity contribution is 0.140. The maximum atomic E-state index is 9.98. The largest absolute Gasteiger partial charge is 0.390 e. The minimum absolute atomic E-state index is 0.366. The second kappa shape index (κ2) is 7.16. The molecule has 4 nitrogen and oxygen atoms in total. The number of hydrogen-bond acceptors (Lipinski definition) is 4. The summed E-state index contributed by atoms with van der Waals surface area (Å²) < 4.78 is 1.78. The van der Waals surface area contributed by atoms with Gasteiger partial charge in [0.25, 0.3) is 0 Å². The van der Waals surface area contributed by atoms with E-state index in [-0.39, 0.29) is 6.10 Å². The van der Waals surface area contributed by atoms with Crippen molar-refractivity contribution in [2.45, 2.75) is 49.6 Å². The molecule has 3 unspecified atom stereocenters. The van der Waals surface area contributed by atoms with Gasteiger partial charge in [0.15, 0.2) is 0 Å². The van der Waals surface area contributed by atoms with Gasteiger partial charge in [-0.3, -0.25) is 4.68 Å². The quantitative estimate of drug-likeness (QED) is 0.822. The first-order chi connectivity index (χ1) is 8.79. The highest BCUT2D eigenvalue weighted by Gasteiger charge is 2.24. The topological polar surface area (TPSA) is 50.1 Å². The summed E-state index contributed by atoms with van der Waals surface area (Å²) in [4.78, 5) is 0. The molecule has 0 spiro atoms. The van der Waals surface area contributed by atoms with Crippen molar-refractivity contribution in [3.63, 3.8) is 0 Å². The van der Waals surface area contributed by atoms with E-state index in [0.29, 0.717) is 24.4 Å². The van der Waals surface area contributed by atoms with Crippen LogP contribution in [0.2, 0.25) is 0 Å². The highest BCUT2D eigenvalue weighted by Crippen LogP contribution is 2.26. The van der Waals surface area contributed by atoms with Crippen LogP contribution >= 0.6 is 11.8 Å². The summed E-state index contributed by atoms with van der Waals surface area (Å²) in [6.07, 6.45) is 10.6. The van der Waals surface area contributed by atoms with E-state index in [9.17, 15) is 5.11 Å². The van der Waals surface area contributed by atoms with Crippen LogP contribution in [0.15, 0.2) is 18.5 Å². The third-order valence-corrected chi connectivity index (χ3v) is 4.75. The number of nitrogens with one attached hydrogen (secondary N) is 1. The molecule has 1 aliphatic carbocycles. The molecule has 1 saturated carbocycles. The van der Waals surface area contributed by atoms with Gasteiger partial charge in [-0.2, -0.15) is 16.9 Å². The maximum Gasteiger partial charge on any atom is 0.0860 e. The van der Waals surface area contributed by atoms with E-state index in [1.54, 1.807) is 10.9 Å². The summed E-state index contributed by atoms with van der Waals surface area (Å²) in [6, 6.07) is 2.44. The summed E-state index contributed by atoms with van der Waals surface area (Å²) in [6.45, 7) is 1.22. The molecule has 3 atom stereocenters. The van der Waals surface area contributed by atoms with E-state index in [4.69, 9.17) is 0 Å². The minimum atomic E-state index is -0.366. The van der Waals surface area contributed by atoms with Crippen LogP contribution in [0.25, 0.3) is 0 Å². The smallest absolute Gasteiger partial charge is 0.0860 e. The van der Waals surface area contributed by atoms with E-state index >= 15 is 0 Å². The van der Waals surface area contributed by atoms with Crippen molar-refractivity contribution in [1.82, 2.24) is 15.1 Å². The van der Waals surface area contributed by atoms with Crippen molar-refractivity contribution in [3.05, 3.63) is 18.5 Å². The number of aliphatic hydroxyl groups excluding tert-OH is 1. The Morgan fingerprint density at radius 1 is 1.50 bits per heavy atom. The zero-order valence-corrected chi connectivity index (χ0v) is 11.8. The predicted molar refractivity (Wildman–Crippen MR) is 75.8 cm³/mol. The second-order valence-electron chi connectivity index (χ2n) is 4.96. The summed E-state index contributed by atoms with van der Waals surface area (Å²) >= 11 is 1.95. The molecule has 0 saturated heterocycles. The molecule has 1 fully saturated rings. The van der Waals surface area contributed by atoms with E-state index in [1.165, 1.54) is 25.7 Å². The highest BCUT2D eigenvalue weighted by atomic mass is 32.2. The van der Waals surface area contributed by atoms with Gasteiger partial charge in [0.2, 0.25) is 0 Å². The summed E-state index contributed by atoms with van der Waals surface area (Å²) in [7, 11) is 0.